The van der Waals surface area contributed by atoms with Gasteiger partial charge in [0.25, 0.3) is 5.88 Å². The first-order chi connectivity index (χ1) is 10.1. The van der Waals surface area contributed by atoms with Crippen LogP contribution in [0.1, 0.15) is 19.4 Å². The molecule has 1 heterocycles. The second kappa shape index (κ2) is 7.49. The second-order valence-corrected chi connectivity index (χ2v) is 5.85. The fourth-order valence-electron chi connectivity index (χ4n) is 1.73. The van der Waals surface area contributed by atoms with Crippen molar-refractivity contribution in [3.05, 3.63) is 45.7 Å². The Morgan fingerprint density at radius 3 is 2.43 bits per heavy atom. The highest BCUT2D eigenvalue weighted by molar-refractivity contribution is 14.1. The van der Waals surface area contributed by atoms with Gasteiger partial charge in [0.1, 0.15) is 16.1 Å². The molecular weight excluding hydrogens is 381 g/mol. The van der Waals surface area contributed by atoms with Gasteiger partial charge in [-0.3, -0.25) is 0 Å². The van der Waals surface area contributed by atoms with Crippen molar-refractivity contribution in [3.8, 4) is 17.4 Å². The largest absolute Gasteiger partial charge is 0.497 e. The molecular formula is C16H18INO3. The third-order valence-electron chi connectivity index (χ3n) is 2.69. The lowest BCUT2D eigenvalue weighted by molar-refractivity contribution is 0.212. The molecule has 21 heavy (non-hydrogen) atoms. The van der Waals surface area contributed by atoms with Crippen LogP contribution in [-0.2, 0) is 6.61 Å². The van der Waals surface area contributed by atoms with Crippen molar-refractivity contribution in [2.75, 3.05) is 7.11 Å². The molecule has 0 saturated heterocycles. The van der Waals surface area contributed by atoms with Gasteiger partial charge >= 0.3 is 0 Å². The summed E-state index contributed by atoms with van der Waals surface area (Å²) in [5.41, 5.74) is 1.05. The monoisotopic (exact) mass is 399 g/mol. The Bertz CT molecular complexity index is 585. The predicted molar refractivity (Wildman–Crippen MR) is 90.0 cm³/mol. The minimum atomic E-state index is 0.0789. The van der Waals surface area contributed by atoms with E-state index in [0.717, 1.165) is 15.0 Å². The summed E-state index contributed by atoms with van der Waals surface area (Å²) >= 11 is 2.16. The Hall–Kier alpha value is -1.50. The van der Waals surface area contributed by atoms with E-state index in [-0.39, 0.29) is 6.10 Å². The molecule has 0 aliphatic heterocycles. The second-order valence-electron chi connectivity index (χ2n) is 4.74. The van der Waals surface area contributed by atoms with Crippen molar-refractivity contribution in [3.63, 3.8) is 0 Å². The SMILES string of the molecule is COc1ccc(COc2nc(I)ccc2OC(C)C)cc1. The molecule has 0 aliphatic carbocycles. The van der Waals surface area contributed by atoms with Gasteiger partial charge in [-0.1, -0.05) is 12.1 Å². The summed E-state index contributed by atoms with van der Waals surface area (Å²) < 4.78 is 17.5. The van der Waals surface area contributed by atoms with Crippen molar-refractivity contribution in [1.82, 2.24) is 4.98 Å². The number of ether oxygens (including phenoxy) is 3. The van der Waals surface area contributed by atoms with Crippen molar-refractivity contribution in [2.45, 2.75) is 26.6 Å². The molecule has 0 spiro atoms. The molecule has 0 N–H and O–H groups in total. The minimum Gasteiger partial charge on any atom is -0.497 e. The Labute approximate surface area is 138 Å². The van der Waals surface area contributed by atoms with Gasteiger partial charge in [0.15, 0.2) is 5.75 Å². The minimum absolute atomic E-state index is 0.0789. The number of hydrogen-bond acceptors (Lipinski definition) is 4. The Morgan fingerprint density at radius 2 is 1.81 bits per heavy atom. The van der Waals surface area contributed by atoms with E-state index in [4.69, 9.17) is 14.2 Å². The molecule has 0 amide bonds. The quantitative estimate of drug-likeness (QED) is 0.543. The highest BCUT2D eigenvalue weighted by atomic mass is 127. The first kappa shape index (κ1) is 15.9. The van der Waals surface area contributed by atoms with Crippen molar-refractivity contribution in [2.24, 2.45) is 0 Å². The van der Waals surface area contributed by atoms with Crippen LogP contribution in [-0.4, -0.2) is 18.2 Å². The standard InChI is InChI=1S/C16H18INO3/c1-11(2)21-14-8-9-15(17)18-16(14)20-10-12-4-6-13(19-3)7-5-12/h4-9,11H,10H2,1-3H3. The molecule has 0 unspecified atom stereocenters. The zero-order valence-electron chi connectivity index (χ0n) is 12.3. The summed E-state index contributed by atoms with van der Waals surface area (Å²) in [5.74, 6) is 2.01. The lowest BCUT2D eigenvalue weighted by Gasteiger charge is -2.14. The van der Waals surface area contributed by atoms with E-state index >= 15 is 0 Å². The van der Waals surface area contributed by atoms with Gasteiger partial charge in [0.2, 0.25) is 0 Å². The van der Waals surface area contributed by atoms with Crippen LogP contribution in [0, 0.1) is 3.70 Å². The average Bonchev–Trinajstić information content (AvgIpc) is 2.47. The van der Waals surface area contributed by atoms with Crippen LogP contribution in [0.2, 0.25) is 0 Å². The summed E-state index contributed by atoms with van der Waals surface area (Å²) in [4.78, 5) is 4.39. The third kappa shape index (κ3) is 4.77. The van der Waals surface area contributed by atoms with Crippen molar-refractivity contribution in [1.29, 1.82) is 0 Å². The molecule has 0 saturated carbocycles. The van der Waals surface area contributed by atoms with Gasteiger partial charge < -0.3 is 14.2 Å². The molecule has 1 aromatic carbocycles. The van der Waals surface area contributed by atoms with Crippen LogP contribution in [0.25, 0.3) is 0 Å². The summed E-state index contributed by atoms with van der Waals surface area (Å²) in [6, 6.07) is 11.5. The molecule has 2 rings (SSSR count). The molecule has 5 heteroatoms. The average molecular weight is 399 g/mol. The van der Waals surface area contributed by atoms with E-state index in [1.807, 2.05) is 50.2 Å². The van der Waals surface area contributed by atoms with E-state index in [9.17, 15) is 0 Å². The summed E-state index contributed by atoms with van der Waals surface area (Å²) in [6.07, 6.45) is 0.0789. The number of hydrogen-bond donors (Lipinski definition) is 0. The van der Waals surface area contributed by atoms with E-state index in [0.29, 0.717) is 18.2 Å². The van der Waals surface area contributed by atoms with Gasteiger partial charge in [-0.05, 0) is 66.3 Å². The zero-order chi connectivity index (χ0) is 15.2. The van der Waals surface area contributed by atoms with E-state index in [1.54, 1.807) is 7.11 Å². The normalized spacial score (nSPS) is 10.5. The highest BCUT2D eigenvalue weighted by Gasteiger charge is 2.10. The van der Waals surface area contributed by atoms with E-state index in [1.165, 1.54) is 0 Å². The predicted octanol–water partition coefficient (Wildman–Crippen LogP) is 4.06. The number of rotatable bonds is 6. The number of pyridine rings is 1. The van der Waals surface area contributed by atoms with Gasteiger partial charge in [-0.15, -0.1) is 0 Å². The molecule has 112 valence electrons. The molecule has 1 aromatic heterocycles. The smallest absolute Gasteiger partial charge is 0.258 e. The van der Waals surface area contributed by atoms with Crippen LogP contribution in [0.15, 0.2) is 36.4 Å². The van der Waals surface area contributed by atoms with Crippen LogP contribution in [0.3, 0.4) is 0 Å². The maximum atomic E-state index is 5.80. The third-order valence-corrected chi connectivity index (χ3v) is 3.29. The Kier molecular flexibility index (Phi) is 5.67. The van der Waals surface area contributed by atoms with E-state index < -0.39 is 0 Å². The zero-order valence-corrected chi connectivity index (χ0v) is 14.5. The molecule has 0 aliphatic rings. The Balaban J connectivity index is 2.08. The number of halogens is 1. The number of nitrogens with zero attached hydrogens (tertiary/aromatic N) is 1. The maximum Gasteiger partial charge on any atom is 0.258 e. The van der Waals surface area contributed by atoms with Gasteiger partial charge in [0.05, 0.1) is 13.2 Å². The van der Waals surface area contributed by atoms with Crippen LogP contribution in [0.5, 0.6) is 17.4 Å². The summed E-state index contributed by atoms with van der Waals surface area (Å²) in [5, 5.41) is 0. The first-order valence-electron chi connectivity index (χ1n) is 6.67. The number of benzene rings is 1. The summed E-state index contributed by atoms with van der Waals surface area (Å²) in [7, 11) is 1.65. The number of methoxy groups -OCH3 is 1. The molecule has 0 fully saturated rings. The topological polar surface area (TPSA) is 40.6 Å². The Morgan fingerprint density at radius 1 is 1.10 bits per heavy atom. The van der Waals surface area contributed by atoms with Gasteiger partial charge in [-0.2, -0.15) is 0 Å². The fraction of sp³-hybridized carbons (Fsp3) is 0.312. The van der Waals surface area contributed by atoms with E-state index in [2.05, 4.69) is 27.6 Å². The highest BCUT2D eigenvalue weighted by Crippen LogP contribution is 2.27. The molecule has 4 nitrogen and oxygen atoms in total. The maximum absolute atomic E-state index is 5.80. The lowest BCUT2D eigenvalue weighted by Crippen LogP contribution is -2.08. The molecule has 2 aromatic rings. The molecule has 0 bridgehead atoms. The van der Waals surface area contributed by atoms with Gasteiger partial charge in [0, 0.05) is 0 Å². The van der Waals surface area contributed by atoms with Gasteiger partial charge in [-0.25, -0.2) is 4.98 Å². The fourth-order valence-corrected chi connectivity index (χ4v) is 2.12. The summed E-state index contributed by atoms with van der Waals surface area (Å²) in [6.45, 7) is 4.39. The lowest BCUT2D eigenvalue weighted by atomic mass is 10.2. The number of aromatic nitrogens is 1. The van der Waals surface area contributed by atoms with Crippen molar-refractivity contribution >= 4 is 22.6 Å². The van der Waals surface area contributed by atoms with Crippen LogP contribution < -0.4 is 14.2 Å². The van der Waals surface area contributed by atoms with Crippen LogP contribution in [0.4, 0.5) is 0 Å². The van der Waals surface area contributed by atoms with Crippen LogP contribution >= 0.6 is 22.6 Å². The molecule has 0 radical (unpaired) electrons. The first-order valence-corrected chi connectivity index (χ1v) is 7.75. The molecule has 0 atom stereocenters. The van der Waals surface area contributed by atoms with Crippen molar-refractivity contribution < 1.29 is 14.2 Å².